The van der Waals surface area contributed by atoms with Crippen LogP contribution in [0.1, 0.15) is 79.0 Å². The molecule has 2 amide bonds. The van der Waals surface area contributed by atoms with E-state index in [4.69, 9.17) is 21.1 Å². The van der Waals surface area contributed by atoms with Gasteiger partial charge in [-0.15, -0.1) is 4.36 Å². The average molecular weight is 722 g/mol. The number of nitrogens with zero attached hydrogens (tertiary/aromatic N) is 4. The Bertz CT molecular complexity index is 1830. The summed E-state index contributed by atoms with van der Waals surface area (Å²) in [6, 6.07) is 13.3. The summed E-state index contributed by atoms with van der Waals surface area (Å²) in [6.07, 6.45) is 12.3. The Kier molecular flexibility index (Phi) is 12.0. The molecule has 0 spiro atoms. The molecule has 1 saturated carbocycles. The van der Waals surface area contributed by atoms with Gasteiger partial charge in [-0.1, -0.05) is 29.8 Å². The van der Waals surface area contributed by atoms with Crippen molar-refractivity contribution in [2.45, 2.75) is 83.9 Å². The number of fused-ring (bicyclic) bond motifs is 3. The fourth-order valence-corrected chi connectivity index (χ4v) is 9.07. The van der Waals surface area contributed by atoms with Crippen molar-refractivity contribution in [2.75, 3.05) is 30.9 Å². The second-order valence-electron chi connectivity index (χ2n) is 13.5. The van der Waals surface area contributed by atoms with E-state index in [0.29, 0.717) is 62.1 Å². The van der Waals surface area contributed by atoms with Gasteiger partial charge in [0, 0.05) is 55.6 Å². The Morgan fingerprint density at radius 1 is 1.12 bits per heavy atom. The van der Waals surface area contributed by atoms with Gasteiger partial charge < -0.3 is 14.4 Å². The second kappa shape index (κ2) is 16.6. The lowest BCUT2D eigenvalue weighted by Gasteiger charge is -2.43. The molecule has 0 unspecified atom stereocenters. The summed E-state index contributed by atoms with van der Waals surface area (Å²) in [6.45, 7) is 4.57. The summed E-state index contributed by atoms with van der Waals surface area (Å²) in [5, 5.41) is 4.98. The molecule has 2 bridgehead atoms. The molecule has 50 heavy (non-hydrogen) atoms. The highest BCUT2D eigenvalue weighted by molar-refractivity contribution is 7.92. The molecule has 0 radical (unpaired) electrons. The van der Waals surface area contributed by atoms with E-state index in [1.165, 1.54) is 11.1 Å². The lowest BCUT2D eigenvalue weighted by molar-refractivity contribution is -0.119. The molecule has 2 aliphatic heterocycles. The third-order valence-corrected chi connectivity index (χ3v) is 12.2. The van der Waals surface area contributed by atoms with Gasteiger partial charge in [-0.3, -0.25) is 19.0 Å². The molecule has 1 N–H and O–H groups in total. The number of hydrogen-bond donors (Lipinski definition) is 1. The number of ether oxygens (including phenoxy) is 2. The third kappa shape index (κ3) is 8.79. The molecule has 2 aromatic carbocycles. The lowest BCUT2D eigenvalue weighted by atomic mass is 9.70. The summed E-state index contributed by atoms with van der Waals surface area (Å²) < 4.78 is 35.4. The van der Waals surface area contributed by atoms with E-state index in [1.54, 1.807) is 19.4 Å². The van der Waals surface area contributed by atoms with Crippen molar-refractivity contribution in [2.24, 2.45) is 16.2 Å². The van der Waals surface area contributed by atoms with Gasteiger partial charge in [-0.25, -0.2) is 4.21 Å². The summed E-state index contributed by atoms with van der Waals surface area (Å²) in [5.41, 5.74) is 4.40. The third-order valence-electron chi connectivity index (χ3n) is 10.1. The monoisotopic (exact) mass is 721 g/mol. The quantitative estimate of drug-likeness (QED) is 0.274. The molecule has 1 fully saturated rings. The van der Waals surface area contributed by atoms with Crippen molar-refractivity contribution in [1.29, 1.82) is 0 Å². The first-order chi connectivity index (χ1) is 24.2. The number of nitrogens with one attached hydrogen (secondary N) is 1. The minimum Gasteiger partial charge on any atom is -0.491 e. The Labute approximate surface area is 300 Å². The van der Waals surface area contributed by atoms with Crippen LogP contribution in [-0.2, 0) is 45.4 Å². The van der Waals surface area contributed by atoms with Crippen LogP contribution in [-0.4, -0.2) is 57.9 Å². The van der Waals surface area contributed by atoms with Crippen LogP contribution < -0.4 is 14.4 Å². The van der Waals surface area contributed by atoms with Crippen LogP contribution in [0.15, 0.2) is 65.2 Å². The Morgan fingerprint density at radius 3 is 2.80 bits per heavy atom. The van der Waals surface area contributed by atoms with E-state index >= 15 is 0 Å². The topological polar surface area (TPSA) is 115 Å². The van der Waals surface area contributed by atoms with E-state index in [1.807, 2.05) is 35.9 Å². The number of methoxy groups -OCH3 is 1. The fourth-order valence-electron chi connectivity index (χ4n) is 7.25. The first kappa shape index (κ1) is 36.1. The summed E-state index contributed by atoms with van der Waals surface area (Å²) in [5.74, 6) is 0.400. The van der Waals surface area contributed by atoms with E-state index in [2.05, 4.69) is 43.4 Å². The normalized spacial score (nSPS) is 25.1. The molecule has 12 heteroatoms. The molecule has 268 valence electrons. The van der Waals surface area contributed by atoms with Crippen molar-refractivity contribution < 1.29 is 23.3 Å². The van der Waals surface area contributed by atoms with Crippen LogP contribution in [0.5, 0.6) is 5.75 Å². The van der Waals surface area contributed by atoms with Crippen molar-refractivity contribution in [3.63, 3.8) is 0 Å². The largest absolute Gasteiger partial charge is 0.491 e. The molecular weight excluding hydrogens is 674 g/mol. The first-order valence-electron chi connectivity index (χ1n) is 17.8. The van der Waals surface area contributed by atoms with Crippen molar-refractivity contribution in [3.8, 4) is 5.75 Å². The highest BCUT2D eigenvalue weighted by Gasteiger charge is 2.38. The maximum atomic E-state index is 14.3. The molecule has 3 aromatic rings. The lowest BCUT2D eigenvalue weighted by Crippen LogP contribution is -2.43. The Hall–Kier alpha value is -3.67. The summed E-state index contributed by atoms with van der Waals surface area (Å²) >= 11 is 6.46. The smallest absolute Gasteiger partial charge is 0.286 e. The molecule has 3 heterocycles. The number of carbonyl (C=O) groups excluding carboxylic acids is 2. The van der Waals surface area contributed by atoms with Crippen molar-refractivity contribution in [3.05, 3.63) is 88.2 Å². The van der Waals surface area contributed by atoms with E-state index < -0.39 is 21.7 Å². The fraction of sp³-hybridized carbons (Fsp3) is 0.500. The Balaban J connectivity index is 1.37. The summed E-state index contributed by atoms with van der Waals surface area (Å²) in [7, 11) is -1.67. The van der Waals surface area contributed by atoms with Gasteiger partial charge in [-0.05, 0) is 118 Å². The molecule has 1 aromatic heterocycles. The number of carbonyl (C=O) groups is 2. The predicted molar refractivity (Wildman–Crippen MR) is 197 cm³/mol. The number of halogens is 1. The molecular formula is C38H48ClN5O5S. The standard InChI is InChI=1S/C38H48ClN5O5S/c1-3-44-32(19-20-40-44)15-18-37(45)41-50(47)22-8-4-5-10-35(48-2)33-16-12-30(33)26-43-25-29-11-14-31(39)23-27(29)9-6-7-21-49-36-17-13-28(24-34(36)43)38(46)42-50/h5,10-11,13-14,17,19-20,23-24,30,33,35H,3-4,6-9,12,15-16,18,21-22,25-26H2,1-2H3,(H,41,42,45,46,47)/b10-5+/t30-,33+,35-,50+/m0/s1. The van der Waals surface area contributed by atoms with Crippen LogP contribution in [0.25, 0.3) is 0 Å². The number of aryl methyl sites for hydroxylation is 3. The first-order valence-corrected chi connectivity index (χ1v) is 19.9. The van der Waals surface area contributed by atoms with Gasteiger partial charge in [0.15, 0.2) is 0 Å². The van der Waals surface area contributed by atoms with Gasteiger partial charge in [0.05, 0.1) is 24.2 Å². The van der Waals surface area contributed by atoms with Crippen molar-refractivity contribution >= 4 is 39.0 Å². The predicted octanol–water partition coefficient (Wildman–Crippen LogP) is 6.94. The van der Waals surface area contributed by atoms with Gasteiger partial charge in [-0.2, -0.15) is 5.10 Å². The minimum absolute atomic E-state index is 0.0466. The molecule has 4 atom stereocenters. The van der Waals surface area contributed by atoms with E-state index in [-0.39, 0.29) is 18.3 Å². The van der Waals surface area contributed by atoms with Gasteiger partial charge in [0.25, 0.3) is 5.91 Å². The average Bonchev–Trinajstić information content (AvgIpc) is 3.54. The van der Waals surface area contributed by atoms with Crippen LogP contribution in [0.3, 0.4) is 0 Å². The van der Waals surface area contributed by atoms with Gasteiger partial charge in [0.1, 0.15) is 15.7 Å². The van der Waals surface area contributed by atoms with Crippen molar-refractivity contribution in [1.82, 2.24) is 14.5 Å². The maximum absolute atomic E-state index is 14.3. The molecule has 3 aliphatic rings. The number of anilines is 1. The minimum atomic E-state index is -3.42. The zero-order valence-electron chi connectivity index (χ0n) is 29.0. The van der Waals surface area contributed by atoms with Crippen LogP contribution in [0.2, 0.25) is 5.02 Å². The second-order valence-corrected chi connectivity index (χ2v) is 16.0. The van der Waals surface area contributed by atoms with Gasteiger partial charge in [0.2, 0.25) is 5.91 Å². The highest BCUT2D eigenvalue weighted by atomic mass is 35.5. The number of amides is 2. The molecule has 1 aliphatic carbocycles. The number of allylic oxidation sites excluding steroid dienone is 1. The number of benzene rings is 2. The maximum Gasteiger partial charge on any atom is 0.286 e. The number of rotatable bonds is 6. The zero-order chi connectivity index (χ0) is 35.1. The molecule has 10 nitrogen and oxygen atoms in total. The number of aromatic nitrogens is 2. The van der Waals surface area contributed by atoms with Crippen LogP contribution in [0.4, 0.5) is 5.69 Å². The molecule has 6 rings (SSSR count). The van der Waals surface area contributed by atoms with E-state index in [0.717, 1.165) is 55.1 Å². The SMILES string of the molecule is CCn1nccc1CCC(=O)N[S@@]1(=O)=NC(=O)c2ccc3c(c2)N(Cc2ccc(Cl)cc2CCCCO3)C[C@@H]2CC[C@H]2[C@@H](OC)/C=C/CCC1. The van der Waals surface area contributed by atoms with Gasteiger partial charge >= 0.3 is 0 Å². The Morgan fingerprint density at radius 2 is 2.00 bits per heavy atom. The molecule has 0 saturated heterocycles. The van der Waals surface area contributed by atoms with Crippen LogP contribution >= 0.6 is 11.6 Å². The zero-order valence-corrected chi connectivity index (χ0v) is 30.6. The van der Waals surface area contributed by atoms with E-state index in [9.17, 15) is 13.8 Å². The summed E-state index contributed by atoms with van der Waals surface area (Å²) in [4.78, 5) is 29.4. The van der Waals surface area contributed by atoms with Crippen LogP contribution in [0, 0.1) is 11.8 Å². The number of hydrogen-bond acceptors (Lipinski definition) is 7. The highest BCUT2D eigenvalue weighted by Crippen LogP contribution is 2.42.